The molecule has 0 saturated carbocycles. The molecule has 0 aromatic carbocycles. The molecular weight excluding hydrogens is 98.1 g/mol. The van der Waals surface area contributed by atoms with E-state index < -0.39 is 0 Å². The topological polar surface area (TPSA) is 12.0 Å². The Morgan fingerprint density at radius 1 is 1.25 bits per heavy atom. The van der Waals surface area contributed by atoms with Gasteiger partial charge >= 0.3 is 0 Å². The summed E-state index contributed by atoms with van der Waals surface area (Å²) in [5.41, 5.74) is 0. The van der Waals surface area contributed by atoms with E-state index in [2.05, 4.69) is 19.2 Å². The molecule has 1 rings (SSSR count). The lowest BCUT2D eigenvalue weighted by Crippen LogP contribution is -2.51. The monoisotopic (exact) mass is 113 g/mol. The quantitative estimate of drug-likeness (QED) is 0.572. The van der Waals surface area contributed by atoms with E-state index in [0.717, 1.165) is 12.1 Å². The Morgan fingerprint density at radius 3 is 1.88 bits per heavy atom. The van der Waals surface area contributed by atoms with Crippen LogP contribution in [-0.4, -0.2) is 12.1 Å². The molecule has 1 heteroatoms. The van der Waals surface area contributed by atoms with Crippen molar-refractivity contribution in [2.45, 2.75) is 45.2 Å². The van der Waals surface area contributed by atoms with Crippen LogP contribution in [0.1, 0.15) is 33.1 Å². The number of rotatable bonds is 2. The van der Waals surface area contributed by atoms with Crippen LogP contribution in [0.2, 0.25) is 0 Å². The summed E-state index contributed by atoms with van der Waals surface area (Å²) in [6.45, 7) is 4.48. The highest BCUT2D eigenvalue weighted by molar-refractivity contribution is 4.85. The van der Waals surface area contributed by atoms with Crippen LogP contribution in [0.5, 0.6) is 0 Å². The van der Waals surface area contributed by atoms with Crippen LogP contribution in [0.25, 0.3) is 0 Å². The van der Waals surface area contributed by atoms with Crippen molar-refractivity contribution in [1.29, 1.82) is 0 Å². The van der Waals surface area contributed by atoms with Crippen LogP contribution in [0, 0.1) is 0 Å². The van der Waals surface area contributed by atoms with Gasteiger partial charge in [0.1, 0.15) is 0 Å². The molecule has 0 aromatic heterocycles. The molecule has 1 heterocycles. The van der Waals surface area contributed by atoms with Crippen LogP contribution in [0.4, 0.5) is 0 Å². The molecule has 2 atom stereocenters. The summed E-state index contributed by atoms with van der Waals surface area (Å²) in [5.74, 6) is 0. The first kappa shape index (κ1) is 6.09. The first-order valence-electron chi connectivity index (χ1n) is 3.62. The SMILES string of the molecule is CCC1CC(CC)N1. The Bertz CT molecular complexity index is 56.8. The van der Waals surface area contributed by atoms with Crippen LogP contribution >= 0.6 is 0 Å². The first-order valence-corrected chi connectivity index (χ1v) is 3.62. The summed E-state index contributed by atoms with van der Waals surface area (Å²) < 4.78 is 0. The molecule has 1 aliphatic rings. The fourth-order valence-corrected chi connectivity index (χ4v) is 1.22. The largest absolute Gasteiger partial charge is 0.311 e. The molecule has 0 radical (unpaired) electrons. The van der Waals surface area contributed by atoms with Gasteiger partial charge < -0.3 is 5.32 Å². The van der Waals surface area contributed by atoms with Crippen molar-refractivity contribution in [2.24, 2.45) is 0 Å². The first-order chi connectivity index (χ1) is 3.86. The molecule has 48 valence electrons. The van der Waals surface area contributed by atoms with Crippen LogP contribution in [0.3, 0.4) is 0 Å². The highest BCUT2D eigenvalue weighted by Gasteiger charge is 2.23. The minimum Gasteiger partial charge on any atom is -0.311 e. The van der Waals surface area contributed by atoms with Crippen molar-refractivity contribution in [3.05, 3.63) is 0 Å². The Kier molecular flexibility index (Phi) is 1.90. The van der Waals surface area contributed by atoms with Gasteiger partial charge in [-0.05, 0) is 19.3 Å². The second-order valence-electron chi connectivity index (χ2n) is 2.61. The van der Waals surface area contributed by atoms with E-state index in [1.54, 1.807) is 0 Å². The van der Waals surface area contributed by atoms with Gasteiger partial charge in [-0.3, -0.25) is 0 Å². The summed E-state index contributed by atoms with van der Waals surface area (Å²) in [6.07, 6.45) is 4.01. The fourth-order valence-electron chi connectivity index (χ4n) is 1.22. The van der Waals surface area contributed by atoms with Gasteiger partial charge in [0.2, 0.25) is 0 Å². The summed E-state index contributed by atoms with van der Waals surface area (Å²) in [7, 11) is 0. The van der Waals surface area contributed by atoms with Crippen molar-refractivity contribution in [3.63, 3.8) is 0 Å². The van der Waals surface area contributed by atoms with Crippen LogP contribution < -0.4 is 5.32 Å². The third kappa shape index (κ3) is 1.03. The van der Waals surface area contributed by atoms with Gasteiger partial charge in [0.05, 0.1) is 0 Å². The highest BCUT2D eigenvalue weighted by Crippen LogP contribution is 2.16. The molecule has 1 aliphatic heterocycles. The number of hydrogen-bond acceptors (Lipinski definition) is 1. The molecule has 8 heavy (non-hydrogen) atoms. The Hall–Kier alpha value is -0.0400. The molecule has 1 nitrogen and oxygen atoms in total. The Labute approximate surface area is 51.5 Å². The minimum absolute atomic E-state index is 0.847. The molecule has 0 amide bonds. The van der Waals surface area contributed by atoms with Gasteiger partial charge in [0, 0.05) is 12.1 Å². The second kappa shape index (κ2) is 2.49. The van der Waals surface area contributed by atoms with E-state index >= 15 is 0 Å². The minimum atomic E-state index is 0.847. The van der Waals surface area contributed by atoms with Gasteiger partial charge in [-0.2, -0.15) is 0 Å². The number of nitrogens with one attached hydrogen (secondary N) is 1. The molecule has 0 bridgehead atoms. The maximum atomic E-state index is 3.48. The van der Waals surface area contributed by atoms with E-state index in [1.807, 2.05) is 0 Å². The predicted octanol–water partition coefficient (Wildman–Crippen LogP) is 1.54. The lowest BCUT2D eigenvalue weighted by atomic mass is 9.93. The molecule has 0 aliphatic carbocycles. The average molecular weight is 113 g/mol. The van der Waals surface area contributed by atoms with Gasteiger partial charge in [-0.1, -0.05) is 13.8 Å². The maximum absolute atomic E-state index is 3.48. The lowest BCUT2D eigenvalue weighted by Gasteiger charge is -2.36. The maximum Gasteiger partial charge on any atom is 0.00818 e. The van der Waals surface area contributed by atoms with Crippen molar-refractivity contribution in [3.8, 4) is 0 Å². The summed E-state index contributed by atoms with van der Waals surface area (Å²) in [6, 6.07) is 1.69. The smallest absolute Gasteiger partial charge is 0.00818 e. The molecule has 1 saturated heterocycles. The molecular formula is C7H15N. The molecule has 1 fully saturated rings. The zero-order valence-electron chi connectivity index (χ0n) is 5.78. The van der Waals surface area contributed by atoms with Crippen molar-refractivity contribution in [2.75, 3.05) is 0 Å². The van der Waals surface area contributed by atoms with Crippen molar-refractivity contribution in [1.82, 2.24) is 5.32 Å². The summed E-state index contributed by atoms with van der Waals surface area (Å²) >= 11 is 0. The van der Waals surface area contributed by atoms with Crippen molar-refractivity contribution < 1.29 is 0 Å². The molecule has 0 aromatic rings. The van der Waals surface area contributed by atoms with Gasteiger partial charge in [0.25, 0.3) is 0 Å². The lowest BCUT2D eigenvalue weighted by molar-refractivity contribution is 0.252. The standard InChI is InChI=1S/C7H15N/c1-3-6-5-7(4-2)8-6/h6-8H,3-5H2,1-2H3. The molecule has 2 unspecified atom stereocenters. The van der Waals surface area contributed by atoms with E-state index in [0.29, 0.717) is 0 Å². The molecule has 0 spiro atoms. The summed E-state index contributed by atoms with van der Waals surface area (Å²) in [4.78, 5) is 0. The third-order valence-electron chi connectivity index (χ3n) is 2.03. The Morgan fingerprint density at radius 2 is 1.62 bits per heavy atom. The molecule has 1 N–H and O–H groups in total. The van der Waals surface area contributed by atoms with Gasteiger partial charge in [-0.25, -0.2) is 0 Å². The van der Waals surface area contributed by atoms with Crippen molar-refractivity contribution >= 4 is 0 Å². The number of hydrogen-bond donors (Lipinski definition) is 1. The normalized spacial score (nSPS) is 36.8. The average Bonchev–Trinajstić information content (AvgIpc) is 1.65. The van der Waals surface area contributed by atoms with E-state index in [-0.39, 0.29) is 0 Å². The predicted molar refractivity (Wildman–Crippen MR) is 35.9 cm³/mol. The summed E-state index contributed by atoms with van der Waals surface area (Å²) in [5, 5.41) is 3.48. The van der Waals surface area contributed by atoms with Gasteiger partial charge in [0.15, 0.2) is 0 Å². The second-order valence-corrected chi connectivity index (χ2v) is 2.61. The third-order valence-corrected chi connectivity index (χ3v) is 2.03. The highest BCUT2D eigenvalue weighted by atomic mass is 15.0. The Balaban J connectivity index is 2.03. The van der Waals surface area contributed by atoms with Crippen LogP contribution in [-0.2, 0) is 0 Å². The van der Waals surface area contributed by atoms with E-state index in [9.17, 15) is 0 Å². The van der Waals surface area contributed by atoms with E-state index in [1.165, 1.54) is 19.3 Å². The zero-order chi connectivity index (χ0) is 5.98. The zero-order valence-corrected chi connectivity index (χ0v) is 5.78. The fraction of sp³-hybridized carbons (Fsp3) is 1.00. The van der Waals surface area contributed by atoms with Gasteiger partial charge in [-0.15, -0.1) is 0 Å². The van der Waals surface area contributed by atoms with E-state index in [4.69, 9.17) is 0 Å². The van der Waals surface area contributed by atoms with Crippen LogP contribution in [0.15, 0.2) is 0 Å².